The Morgan fingerprint density at radius 2 is 1.19 bits per heavy atom. The van der Waals surface area contributed by atoms with Gasteiger partial charge in [-0.1, -0.05) is 91.0 Å². The molecule has 31 heavy (non-hydrogen) atoms. The van der Waals surface area contributed by atoms with Gasteiger partial charge in [-0.2, -0.15) is 0 Å². The van der Waals surface area contributed by atoms with Crippen LogP contribution in [0.1, 0.15) is 38.3 Å². The zero-order valence-corrected chi connectivity index (χ0v) is 16.8. The molecule has 0 saturated carbocycles. The first-order chi connectivity index (χ1) is 15.2. The summed E-state index contributed by atoms with van der Waals surface area (Å²) < 4.78 is 0. The van der Waals surface area contributed by atoms with Crippen LogP contribution >= 0.6 is 0 Å². The van der Waals surface area contributed by atoms with Gasteiger partial charge in [0.05, 0.1) is 5.69 Å². The van der Waals surface area contributed by atoms with E-state index in [0.717, 1.165) is 28.0 Å². The lowest BCUT2D eigenvalue weighted by Crippen LogP contribution is -2.12. The van der Waals surface area contributed by atoms with Crippen molar-refractivity contribution in [2.45, 2.75) is 6.42 Å². The fraction of sp³-hybridized carbons (Fsp3) is 0.0357. The molecule has 0 fully saturated rings. The predicted molar refractivity (Wildman–Crippen MR) is 122 cm³/mol. The molecule has 4 aromatic rings. The number of ketones is 2. The number of benzene rings is 3. The van der Waals surface area contributed by atoms with Crippen molar-refractivity contribution in [3.8, 4) is 11.3 Å². The quantitative estimate of drug-likeness (QED) is 0.267. The molecule has 0 saturated heterocycles. The Kier molecular flexibility index (Phi) is 4.85. The summed E-state index contributed by atoms with van der Waals surface area (Å²) >= 11 is 0. The Morgan fingerprint density at radius 3 is 1.90 bits per heavy atom. The normalized spacial score (nSPS) is 13.3. The molecule has 0 aliphatic heterocycles. The number of rotatable bonds is 5. The third kappa shape index (κ3) is 3.40. The van der Waals surface area contributed by atoms with E-state index in [2.05, 4.69) is 4.98 Å². The van der Waals surface area contributed by atoms with E-state index in [1.165, 1.54) is 0 Å². The average Bonchev–Trinajstić information content (AvgIpc) is 3.17. The lowest BCUT2D eigenvalue weighted by atomic mass is 9.88. The van der Waals surface area contributed by atoms with Gasteiger partial charge in [-0.05, 0) is 17.2 Å². The summed E-state index contributed by atoms with van der Waals surface area (Å²) in [5.74, 6) is -0.214. The number of carbonyl (C=O) groups is 2. The van der Waals surface area contributed by atoms with E-state index in [1.807, 2.05) is 72.8 Å². The summed E-state index contributed by atoms with van der Waals surface area (Å²) in [6, 6.07) is 30.0. The lowest BCUT2D eigenvalue weighted by molar-refractivity contribution is 0.0961. The van der Waals surface area contributed by atoms with E-state index < -0.39 is 0 Å². The van der Waals surface area contributed by atoms with Crippen LogP contribution < -0.4 is 0 Å². The van der Waals surface area contributed by atoms with Crippen molar-refractivity contribution in [1.82, 2.24) is 4.98 Å². The number of hydrogen-bond acceptors (Lipinski definition) is 3. The third-order valence-electron chi connectivity index (χ3n) is 5.57. The molecule has 148 valence electrons. The molecular formula is C28H19NO2. The summed E-state index contributed by atoms with van der Waals surface area (Å²) in [6.45, 7) is 0. The van der Waals surface area contributed by atoms with E-state index >= 15 is 0 Å². The number of allylic oxidation sites excluding steroid dienone is 1. The van der Waals surface area contributed by atoms with Gasteiger partial charge >= 0.3 is 0 Å². The number of nitrogens with zero attached hydrogens (tertiary/aromatic N) is 1. The highest BCUT2D eigenvalue weighted by Crippen LogP contribution is 2.45. The fourth-order valence-corrected chi connectivity index (χ4v) is 4.13. The van der Waals surface area contributed by atoms with Crippen LogP contribution in [0.5, 0.6) is 0 Å². The first kappa shape index (κ1) is 18.9. The van der Waals surface area contributed by atoms with E-state index in [-0.39, 0.29) is 18.0 Å². The van der Waals surface area contributed by atoms with Crippen molar-refractivity contribution >= 4 is 17.1 Å². The Labute approximate surface area is 180 Å². The summed E-state index contributed by atoms with van der Waals surface area (Å²) in [7, 11) is 0. The molecule has 3 nitrogen and oxygen atoms in total. The number of carbonyl (C=O) groups excluding carboxylic acids is 2. The second-order valence-corrected chi connectivity index (χ2v) is 7.46. The highest BCUT2D eigenvalue weighted by atomic mass is 16.1. The zero-order valence-electron chi connectivity index (χ0n) is 16.8. The monoisotopic (exact) mass is 401 g/mol. The molecule has 3 heteroatoms. The largest absolute Gasteiger partial charge is 0.294 e. The van der Waals surface area contributed by atoms with Crippen LogP contribution in [0.25, 0.3) is 16.8 Å². The zero-order chi connectivity index (χ0) is 21.2. The minimum absolute atomic E-state index is 0.0236. The molecule has 0 N–H and O–H groups in total. The molecule has 0 amide bonds. The predicted octanol–water partition coefficient (Wildman–Crippen LogP) is 6.02. The Balaban J connectivity index is 1.73. The smallest absolute Gasteiger partial charge is 0.190 e. The maximum atomic E-state index is 13.7. The van der Waals surface area contributed by atoms with Crippen molar-refractivity contribution in [2.24, 2.45) is 0 Å². The van der Waals surface area contributed by atoms with Crippen LogP contribution in [0.2, 0.25) is 0 Å². The topological polar surface area (TPSA) is 47.0 Å². The van der Waals surface area contributed by atoms with Gasteiger partial charge in [-0.3, -0.25) is 14.6 Å². The highest BCUT2D eigenvalue weighted by molar-refractivity contribution is 6.20. The van der Waals surface area contributed by atoms with Crippen LogP contribution in [-0.4, -0.2) is 16.6 Å². The molecule has 1 heterocycles. The molecule has 5 rings (SSSR count). The van der Waals surface area contributed by atoms with Gasteiger partial charge in [0.2, 0.25) is 0 Å². The van der Waals surface area contributed by atoms with Gasteiger partial charge < -0.3 is 0 Å². The second-order valence-electron chi connectivity index (χ2n) is 7.46. The third-order valence-corrected chi connectivity index (χ3v) is 5.57. The molecule has 1 aromatic heterocycles. The molecule has 0 radical (unpaired) electrons. The molecule has 3 aromatic carbocycles. The maximum Gasteiger partial charge on any atom is 0.190 e. The van der Waals surface area contributed by atoms with E-state index in [1.54, 1.807) is 30.5 Å². The van der Waals surface area contributed by atoms with Crippen LogP contribution in [0.15, 0.2) is 109 Å². The van der Waals surface area contributed by atoms with Gasteiger partial charge in [-0.15, -0.1) is 0 Å². The van der Waals surface area contributed by atoms with Gasteiger partial charge in [0, 0.05) is 40.4 Å². The summed E-state index contributed by atoms with van der Waals surface area (Å²) in [6.07, 6.45) is 1.78. The van der Waals surface area contributed by atoms with Crippen molar-refractivity contribution in [3.63, 3.8) is 0 Å². The van der Waals surface area contributed by atoms with Gasteiger partial charge in [0.15, 0.2) is 11.6 Å². The molecular weight excluding hydrogens is 382 g/mol. The lowest BCUT2D eigenvalue weighted by Gasteiger charge is -2.13. The first-order valence-corrected chi connectivity index (χ1v) is 10.2. The number of aromatic nitrogens is 1. The Bertz CT molecular complexity index is 1270. The van der Waals surface area contributed by atoms with Crippen molar-refractivity contribution < 1.29 is 9.59 Å². The number of fused-ring (bicyclic) bond motifs is 3. The van der Waals surface area contributed by atoms with Gasteiger partial charge in [0.25, 0.3) is 0 Å². The van der Waals surface area contributed by atoms with Crippen LogP contribution in [0.4, 0.5) is 0 Å². The van der Waals surface area contributed by atoms with Crippen LogP contribution in [0, 0.1) is 0 Å². The minimum atomic E-state index is -0.133. The van der Waals surface area contributed by atoms with Crippen molar-refractivity contribution in [2.75, 3.05) is 0 Å². The highest BCUT2D eigenvalue weighted by Gasteiger charge is 2.30. The molecule has 0 spiro atoms. The fourth-order valence-electron chi connectivity index (χ4n) is 4.13. The summed E-state index contributed by atoms with van der Waals surface area (Å²) in [5.41, 5.74) is 6.13. The molecule has 0 atom stereocenters. The Hall–Kier alpha value is -4.11. The molecule has 1 aliphatic carbocycles. The second kappa shape index (κ2) is 7.96. The minimum Gasteiger partial charge on any atom is -0.294 e. The Morgan fingerprint density at radius 1 is 0.613 bits per heavy atom. The van der Waals surface area contributed by atoms with Crippen molar-refractivity contribution in [3.05, 3.63) is 131 Å². The van der Waals surface area contributed by atoms with E-state index in [9.17, 15) is 9.59 Å². The molecule has 0 unspecified atom stereocenters. The summed E-state index contributed by atoms with van der Waals surface area (Å²) in [4.78, 5) is 31.4. The molecule has 0 bridgehead atoms. The maximum absolute atomic E-state index is 13.7. The van der Waals surface area contributed by atoms with Crippen LogP contribution in [-0.2, 0) is 0 Å². The number of pyridine rings is 1. The summed E-state index contributed by atoms with van der Waals surface area (Å²) in [5, 5.41) is 0. The number of Topliss-reactive ketones (excluding diaryl/α,β-unsaturated/α-hetero) is 2. The van der Waals surface area contributed by atoms with E-state index in [4.69, 9.17) is 0 Å². The number of hydrogen-bond donors (Lipinski definition) is 0. The standard InChI is InChI=1S/C28H19NO2/c30-25(19-10-3-1-4-11-19)18-24(28(31)20-12-5-2-6-13-20)26-21-14-7-8-15-22(21)27-23(26)16-9-17-29-27/h1-17H,18H2/b26-24-. The first-order valence-electron chi connectivity index (χ1n) is 10.2. The van der Waals surface area contributed by atoms with Gasteiger partial charge in [-0.25, -0.2) is 0 Å². The van der Waals surface area contributed by atoms with Crippen LogP contribution in [0.3, 0.4) is 0 Å². The van der Waals surface area contributed by atoms with Crippen molar-refractivity contribution in [1.29, 1.82) is 0 Å². The van der Waals surface area contributed by atoms with E-state index in [0.29, 0.717) is 16.7 Å². The van der Waals surface area contributed by atoms with Gasteiger partial charge in [0.1, 0.15) is 0 Å². The molecule has 1 aliphatic rings. The average molecular weight is 401 g/mol. The SMILES string of the molecule is O=C(C/C(C(=O)c1ccccc1)=C1\c2ccccc2-c2ncccc21)c1ccccc1.